The van der Waals surface area contributed by atoms with Gasteiger partial charge in [-0.3, -0.25) is 9.13 Å². The van der Waals surface area contributed by atoms with Gasteiger partial charge in [-0.1, -0.05) is 107 Å². The Kier molecular flexibility index (Phi) is 6.86. The molecule has 0 aliphatic carbocycles. The van der Waals surface area contributed by atoms with Crippen LogP contribution in [0, 0.1) is 0 Å². The van der Waals surface area contributed by atoms with Crippen LogP contribution in [0.25, 0.3) is 11.0 Å². The summed E-state index contributed by atoms with van der Waals surface area (Å²) in [6.07, 6.45) is -1.98. The first-order valence-corrected chi connectivity index (χ1v) is 11.2. The van der Waals surface area contributed by atoms with Gasteiger partial charge in [0.25, 0.3) is 0 Å². The van der Waals surface area contributed by atoms with Gasteiger partial charge in [-0.15, -0.1) is 0 Å². The number of aliphatic hydroxyl groups is 2. The molecule has 5 nitrogen and oxygen atoms in total. The summed E-state index contributed by atoms with van der Waals surface area (Å²) in [6, 6.07) is 17.9. The SMILES string of the molecule is O=c1n(CC(O)c2ccccc2)c2c(Cl)c(Cl)c(Cl)c(Cl)c2n1CC(O)c1ccccc1. The monoisotopic (exact) mass is 510 g/mol. The van der Waals surface area contributed by atoms with Crippen LogP contribution in [-0.2, 0) is 13.1 Å². The third-order valence-electron chi connectivity index (χ3n) is 5.30. The second-order valence-corrected chi connectivity index (χ2v) is 8.82. The van der Waals surface area contributed by atoms with Gasteiger partial charge in [0.1, 0.15) is 0 Å². The van der Waals surface area contributed by atoms with Gasteiger partial charge in [0.15, 0.2) is 0 Å². The molecular formula is C23H18Cl4N2O3. The molecule has 0 saturated carbocycles. The molecular weight excluding hydrogens is 494 g/mol. The molecule has 0 amide bonds. The molecule has 0 bridgehead atoms. The second kappa shape index (κ2) is 9.48. The number of imidazole rings is 1. The summed E-state index contributed by atoms with van der Waals surface area (Å²) >= 11 is 25.5. The first-order valence-electron chi connectivity index (χ1n) is 9.72. The molecule has 0 saturated heterocycles. The van der Waals surface area contributed by atoms with Crippen molar-refractivity contribution in [2.75, 3.05) is 0 Å². The lowest BCUT2D eigenvalue weighted by molar-refractivity contribution is 0.150. The number of rotatable bonds is 6. The maximum absolute atomic E-state index is 13.4. The van der Waals surface area contributed by atoms with Crippen LogP contribution in [-0.4, -0.2) is 19.3 Å². The number of hydrogen-bond acceptors (Lipinski definition) is 3. The number of aromatic nitrogens is 2. The summed E-state index contributed by atoms with van der Waals surface area (Å²) in [5, 5.41) is 21.6. The summed E-state index contributed by atoms with van der Waals surface area (Å²) in [4.78, 5) is 13.4. The van der Waals surface area contributed by atoms with E-state index in [0.717, 1.165) is 0 Å². The van der Waals surface area contributed by atoms with E-state index in [0.29, 0.717) is 11.1 Å². The van der Waals surface area contributed by atoms with Gasteiger partial charge >= 0.3 is 5.69 Å². The maximum atomic E-state index is 13.4. The van der Waals surface area contributed by atoms with Crippen LogP contribution in [0.15, 0.2) is 65.5 Å². The highest BCUT2D eigenvalue weighted by Crippen LogP contribution is 2.43. The zero-order valence-corrected chi connectivity index (χ0v) is 19.6. The molecule has 2 N–H and O–H groups in total. The van der Waals surface area contributed by atoms with Crippen LogP contribution in [0.2, 0.25) is 20.1 Å². The van der Waals surface area contributed by atoms with Gasteiger partial charge in [-0.2, -0.15) is 0 Å². The highest BCUT2D eigenvalue weighted by atomic mass is 35.5. The van der Waals surface area contributed by atoms with Gasteiger partial charge in [-0.05, 0) is 11.1 Å². The van der Waals surface area contributed by atoms with Crippen molar-refractivity contribution in [1.82, 2.24) is 9.13 Å². The molecule has 2 atom stereocenters. The Labute approximate surface area is 203 Å². The maximum Gasteiger partial charge on any atom is 0.329 e. The summed E-state index contributed by atoms with van der Waals surface area (Å²) in [5.74, 6) is 0. The second-order valence-electron chi connectivity index (χ2n) is 7.31. The Morgan fingerprint density at radius 1 is 0.625 bits per heavy atom. The van der Waals surface area contributed by atoms with Crippen molar-refractivity contribution in [2.24, 2.45) is 0 Å². The molecule has 1 heterocycles. The largest absolute Gasteiger partial charge is 0.387 e. The standard InChI is InChI=1S/C23H18Cl4N2O3/c24-17-18(25)20(27)22-21(19(17)26)28(11-15(30)13-7-3-1-4-8-13)23(32)29(22)12-16(31)14-9-5-2-6-10-14/h1-10,15-16,30-31H,11-12H2. The van der Waals surface area contributed by atoms with Crippen molar-refractivity contribution in [2.45, 2.75) is 25.3 Å². The average molecular weight is 512 g/mol. The van der Waals surface area contributed by atoms with Crippen molar-refractivity contribution in [3.05, 3.63) is 102 Å². The molecule has 166 valence electrons. The third-order valence-corrected chi connectivity index (χ3v) is 7.08. The molecule has 3 aromatic carbocycles. The smallest absolute Gasteiger partial charge is 0.329 e. The third kappa shape index (κ3) is 4.17. The predicted molar refractivity (Wildman–Crippen MR) is 129 cm³/mol. The van der Waals surface area contributed by atoms with Crippen molar-refractivity contribution >= 4 is 57.4 Å². The lowest BCUT2D eigenvalue weighted by Crippen LogP contribution is -2.28. The number of hydrogen-bond donors (Lipinski definition) is 2. The minimum absolute atomic E-state index is 0.00884. The Hall–Kier alpha value is -1.99. The number of benzene rings is 3. The first-order chi connectivity index (χ1) is 15.3. The summed E-state index contributed by atoms with van der Waals surface area (Å²) < 4.78 is 2.61. The minimum Gasteiger partial charge on any atom is -0.387 e. The van der Waals surface area contributed by atoms with Gasteiger partial charge in [0.2, 0.25) is 0 Å². The molecule has 0 radical (unpaired) electrons. The van der Waals surface area contributed by atoms with E-state index in [4.69, 9.17) is 46.4 Å². The molecule has 1 aromatic heterocycles. The van der Waals surface area contributed by atoms with E-state index in [1.165, 1.54) is 9.13 Å². The van der Waals surface area contributed by atoms with Crippen LogP contribution < -0.4 is 5.69 Å². The van der Waals surface area contributed by atoms with E-state index in [9.17, 15) is 15.0 Å². The molecule has 9 heteroatoms. The molecule has 32 heavy (non-hydrogen) atoms. The molecule has 0 aliphatic rings. The molecule has 2 unspecified atom stereocenters. The number of fused-ring (bicyclic) bond motifs is 1. The van der Waals surface area contributed by atoms with Gasteiger partial charge in [0, 0.05) is 0 Å². The van der Waals surface area contributed by atoms with Crippen molar-refractivity contribution in [3.63, 3.8) is 0 Å². The van der Waals surface area contributed by atoms with E-state index in [1.807, 2.05) is 12.1 Å². The Bertz CT molecular complexity index is 1220. The normalized spacial score (nSPS) is 13.4. The highest BCUT2D eigenvalue weighted by Gasteiger charge is 2.26. The van der Waals surface area contributed by atoms with Gasteiger partial charge in [-0.25, -0.2) is 4.79 Å². The van der Waals surface area contributed by atoms with Crippen LogP contribution >= 0.6 is 46.4 Å². The van der Waals surface area contributed by atoms with Crippen molar-refractivity contribution in [1.29, 1.82) is 0 Å². The van der Waals surface area contributed by atoms with Crippen molar-refractivity contribution in [3.8, 4) is 0 Å². The Morgan fingerprint density at radius 3 is 1.31 bits per heavy atom. The number of aliphatic hydroxyl groups excluding tert-OH is 2. The fourth-order valence-corrected chi connectivity index (χ4v) is 4.72. The first kappa shape index (κ1) is 23.2. The van der Waals surface area contributed by atoms with Crippen LogP contribution in [0.5, 0.6) is 0 Å². The minimum atomic E-state index is -0.990. The fourth-order valence-electron chi connectivity index (χ4n) is 3.68. The predicted octanol–water partition coefficient (Wildman–Crippen LogP) is 5.88. The molecule has 0 fully saturated rings. The zero-order chi connectivity index (χ0) is 23.0. The summed E-state index contributed by atoms with van der Waals surface area (Å²) in [5.41, 5.74) is 1.24. The summed E-state index contributed by atoms with van der Waals surface area (Å²) in [7, 11) is 0. The number of halogens is 4. The molecule has 4 rings (SSSR count). The fraction of sp³-hybridized carbons (Fsp3) is 0.174. The summed E-state index contributed by atoms with van der Waals surface area (Å²) in [6.45, 7) is -0.191. The molecule has 0 spiro atoms. The van der Waals surface area contributed by atoms with Gasteiger partial charge in [0.05, 0.1) is 56.4 Å². The zero-order valence-electron chi connectivity index (χ0n) is 16.6. The van der Waals surface area contributed by atoms with Gasteiger partial charge < -0.3 is 10.2 Å². The van der Waals surface area contributed by atoms with E-state index in [1.54, 1.807) is 48.5 Å². The highest BCUT2D eigenvalue weighted by molar-refractivity contribution is 6.55. The lowest BCUT2D eigenvalue weighted by atomic mass is 10.1. The van der Waals surface area contributed by atoms with E-state index in [-0.39, 0.29) is 44.2 Å². The van der Waals surface area contributed by atoms with Crippen molar-refractivity contribution < 1.29 is 10.2 Å². The van der Waals surface area contributed by atoms with E-state index >= 15 is 0 Å². The van der Waals surface area contributed by atoms with Crippen LogP contribution in [0.3, 0.4) is 0 Å². The Morgan fingerprint density at radius 2 is 0.969 bits per heavy atom. The Balaban J connectivity index is 1.88. The topological polar surface area (TPSA) is 67.4 Å². The van der Waals surface area contributed by atoms with E-state index in [2.05, 4.69) is 0 Å². The van der Waals surface area contributed by atoms with E-state index < -0.39 is 17.9 Å². The molecule has 4 aromatic rings. The number of nitrogens with zero attached hydrogens (tertiary/aromatic N) is 2. The van der Waals surface area contributed by atoms with Crippen LogP contribution in [0.1, 0.15) is 23.3 Å². The lowest BCUT2D eigenvalue weighted by Gasteiger charge is -2.13. The quantitative estimate of drug-likeness (QED) is 0.251. The molecule has 0 aliphatic heterocycles. The van der Waals surface area contributed by atoms with Crippen LogP contribution in [0.4, 0.5) is 0 Å². The average Bonchev–Trinajstić information content (AvgIpc) is 3.08.